The zero-order chi connectivity index (χ0) is 13.7. The van der Waals surface area contributed by atoms with Crippen molar-refractivity contribution in [2.24, 2.45) is 0 Å². The molecular weight excluding hydrogens is 314 g/mol. The van der Waals surface area contributed by atoms with Crippen molar-refractivity contribution < 1.29 is 8.78 Å². The number of alkyl halides is 3. The molecular formula is C14H19BrF2N2. The van der Waals surface area contributed by atoms with Gasteiger partial charge >= 0.3 is 0 Å². The zero-order valence-electron chi connectivity index (χ0n) is 10.9. The molecule has 1 aliphatic heterocycles. The molecule has 0 aromatic heterocycles. The van der Waals surface area contributed by atoms with Crippen LogP contribution in [0.3, 0.4) is 0 Å². The molecule has 0 radical (unpaired) electrons. The van der Waals surface area contributed by atoms with E-state index in [1.165, 1.54) is 12.1 Å². The van der Waals surface area contributed by atoms with Crippen molar-refractivity contribution in [1.82, 2.24) is 9.80 Å². The fourth-order valence-electron chi connectivity index (χ4n) is 2.34. The monoisotopic (exact) mass is 332 g/mol. The minimum absolute atomic E-state index is 0.109. The van der Waals surface area contributed by atoms with E-state index < -0.39 is 5.92 Å². The minimum Gasteiger partial charge on any atom is -0.300 e. The molecule has 1 fully saturated rings. The van der Waals surface area contributed by atoms with Crippen molar-refractivity contribution in [2.75, 3.05) is 44.6 Å². The average molecular weight is 333 g/mol. The second kappa shape index (κ2) is 6.77. The first-order chi connectivity index (χ1) is 9.12. The summed E-state index contributed by atoms with van der Waals surface area (Å²) in [5.41, 5.74) is 0.109. The molecule has 1 saturated heterocycles. The maximum Gasteiger partial charge on any atom is 0.285 e. The van der Waals surface area contributed by atoms with Gasteiger partial charge in [-0.1, -0.05) is 46.3 Å². The van der Waals surface area contributed by atoms with Crippen LogP contribution in [0.25, 0.3) is 0 Å². The largest absolute Gasteiger partial charge is 0.300 e. The number of hydrogen-bond acceptors (Lipinski definition) is 2. The summed E-state index contributed by atoms with van der Waals surface area (Å²) >= 11 is 3.40. The van der Waals surface area contributed by atoms with Crippen LogP contribution in [0.2, 0.25) is 0 Å². The Labute approximate surface area is 121 Å². The summed E-state index contributed by atoms with van der Waals surface area (Å²) in [7, 11) is 0. The summed E-state index contributed by atoms with van der Waals surface area (Å²) < 4.78 is 28.2. The highest BCUT2D eigenvalue weighted by Gasteiger charge is 2.34. The Morgan fingerprint density at radius 3 is 2.16 bits per heavy atom. The van der Waals surface area contributed by atoms with Crippen LogP contribution in [0.15, 0.2) is 30.3 Å². The third-order valence-corrected chi connectivity index (χ3v) is 3.84. The smallest absolute Gasteiger partial charge is 0.285 e. The van der Waals surface area contributed by atoms with Crippen LogP contribution in [0, 0.1) is 0 Å². The zero-order valence-corrected chi connectivity index (χ0v) is 12.5. The van der Waals surface area contributed by atoms with Gasteiger partial charge in [-0.15, -0.1) is 0 Å². The molecule has 0 N–H and O–H groups in total. The van der Waals surface area contributed by atoms with Gasteiger partial charge < -0.3 is 0 Å². The van der Waals surface area contributed by atoms with Gasteiger partial charge in [0.2, 0.25) is 0 Å². The molecule has 0 amide bonds. The molecule has 19 heavy (non-hydrogen) atoms. The second-order valence-corrected chi connectivity index (χ2v) is 5.67. The van der Waals surface area contributed by atoms with Gasteiger partial charge in [0.25, 0.3) is 5.92 Å². The highest BCUT2D eigenvalue weighted by molar-refractivity contribution is 9.09. The number of halogens is 3. The summed E-state index contributed by atoms with van der Waals surface area (Å²) in [6.07, 6.45) is 0. The van der Waals surface area contributed by atoms with Crippen molar-refractivity contribution in [1.29, 1.82) is 0 Å². The molecule has 2 rings (SSSR count). The molecule has 1 aromatic carbocycles. The summed E-state index contributed by atoms with van der Waals surface area (Å²) in [5, 5.41) is 0.938. The predicted molar refractivity (Wildman–Crippen MR) is 77.0 cm³/mol. The van der Waals surface area contributed by atoms with Crippen LogP contribution < -0.4 is 0 Å². The van der Waals surface area contributed by atoms with Crippen LogP contribution in [-0.2, 0) is 5.92 Å². The standard InChI is InChI=1S/C14H19BrF2N2/c15-6-7-18-8-10-19(11-9-18)12-14(16,17)13-4-2-1-3-5-13/h1-5H,6-12H2. The van der Waals surface area contributed by atoms with Gasteiger partial charge in [0.15, 0.2) is 0 Å². The van der Waals surface area contributed by atoms with E-state index in [1.807, 2.05) is 4.90 Å². The molecule has 1 heterocycles. The van der Waals surface area contributed by atoms with Crippen molar-refractivity contribution in [3.63, 3.8) is 0 Å². The Morgan fingerprint density at radius 2 is 1.58 bits per heavy atom. The van der Waals surface area contributed by atoms with Gasteiger partial charge in [-0.2, -0.15) is 8.78 Å². The van der Waals surface area contributed by atoms with Crippen LogP contribution in [0.4, 0.5) is 8.78 Å². The number of benzene rings is 1. The van der Waals surface area contributed by atoms with Gasteiger partial charge in [0.1, 0.15) is 0 Å². The van der Waals surface area contributed by atoms with E-state index in [0.29, 0.717) is 0 Å². The predicted octanol–water partition coefficient (Wildman–Crippen LogP) is 2.79. The van der Waals surface area contributed by atoms with Gasteiger partial charge in [0, 0.05) is 43.6 Å². The highest BCUT2D eigenvalue weighted by Crippen LogP contribution is 2.29. The van der Waals surface area contributed by atoms with Gasteiger partial charge in [-0.05, 0) is 0 Å². The van der Waals surface area contributed by atoms with Crippen LogP contribution in [0.5, 0.6) is 0 Å². The first-order valence-corrected chi connectivity index (χ1v) is 7.68. The lowest BCUT2D eigenvalue weighted by molar-refractivity contribution is -0.0468. The summed E-state index contributed by atoms with van der Waals surface area (Å²) in [4.78, 5) is 4.16. The molecule has 0 spiro atoms. The van der Waals surface area contributed by atoms with E-state index in [2.05, 4.69) is 20.8 Å². The Morgan fingerprint density at radius 1 is 1.00 bits per heavy atom. The third kappa shape index (κ3) is 4.23. The lowest BCUT2D eigenvalue weighted by atomic mass is 10.1. The van der Waals surface area contributed by atoms with E-state index in [-0.39, 0.29) is 12.1 Å². The number of rotatable bonds is 5. The number of piperazine rings is 1. The van der Waals surface area contributed by atoms with E-state index in [4.69, 9.17) is 0 Å². The van der Waals surface area contributed by atoms with Gasteiger partial charge in [-0.3, -0.25) is 9.80 Å². The van der Waals surface area contributed by atoms with Crippen LogP contribution >= 0.6 is 15.9 Å². The number of nitrogens with zero attached hydrogens (tertiary/aromatic N) is 2. The molecule has 0 saturated carbocycles. The number of hydrogen-bond donors (Lipinski definition) is 0. The Hall–Kier alpha value is -0.520. The molecule has 1 aromatic rings. The average Bonchev–Trinajstić information content (AvgIpc) is 2.42. The van der Waals surface area contributed by atoms with Crippen LogP contribution in [0.1, 0.15) is 5.56 Å². The van der Waals surface area contributed by atoms with E-state index in [9.17, 15) is 8.78 Å². The fourth-order valence-corrected chi connectivity index (χ4v) is 2.85. The molecule has 2 nitrogen and oxygen atoms in total. The highest BCUT2D eigenvalue weighted by atomic mass is 79.9. The topological polar surface area (TPSA) is 6.48 Å². The van der Waals surface area contributed by atoms with Gasteiger partial charge in [-0.25, -0.2) is 0 Å². The fraction of sp³-hybridized carbons (Fsp3) is 0.571. The summed E-state index contributed by atoms with van der Waals surface area (Å²) in [5.74, 6) is -2.77. The first kappa shape index (κ1) is 14.9. The molecule has 0 atom stereocenters. The lowest BCUT2D eigenvalue weighted by Crippen LogP contribution is -2.49. The van der Waals surface area contributed by atoms with Gasteiger partial charge in [0.05, 0.1) is 6.54 Å². The Balaban J connectivity index is 1.88. The molecule has 0 bridgehead atoms. The summed E-state index contributed by atoms with van der Waals surface area (Å²) in [6.45, 7) is 3.99. The van der Waals surface area contributed by atoms with Crippen LogP contribution in [-0.4, -0.2) is 54.4 Å². The van der Waals surface area contributed by atoms with E-state index in [0.717, 1.165) is 38.1 Å². The normalized spacial score (nSPS) is 18.7. The SMILES string of the molecule is FC(F)(CN1CCN(CCBr)CC1)c1ccccc1. The second-order valence-electron chi connectivity index (χ2n) is 4.88. The minimum atomic E-state index is -2.77. The third-order valence-electron chi connectivity index (χ3n) is 3.48. The Kier molecular flexibility index (Phi) is 5.30. The maximum atomic E-state index is 14.1. The first-order valence-electron chi connectivity index (χ1n) is 6.56. The van der Waals surface area contributed by atoms with E-state index >= 15 is 0 Å². The molecule has 0 unspecified atom stereocenters. The lowest BCUT2D eigenvalue weighted by Gasteiger charge is -2.36. The summed E-state index contributed by atoms with van der Waals surface area (Å²) in [6, 6.07) is 8.09. The van der Waals surface area contributed by atoms with E-state index in [1.54, 1.807) is 18.2 Å². The molecule has 106 valence electrons. The molecule has 1 aliphatic rings. The van der Waals surface area contributed by atoms with Crippen molar-refractivity contribution in [3.05, 3.63) is 35.9 Å². The van der Waals surface area contributed by atoms with Crippen molar-refractivity contribution >= 4 is 15.9 Å². The Bertz CT molecular complexity index is 378. The molecule has 0 aliphatic carbocycles. The maximum absolute atomic E-state index is 14.1. The van der Waals surface area contributed by atoms with Crippen molar-refractivity contribution in [2.45, 2.75) is 5.92 Å². The quantitative estimate of drug-likeness (QED) is 0.765. The van der Waals surface area contributed by atoms with Crippen molar-refractivity contribution in [3.8, 4) is 0 Å². The molecule has 5 heteroatoms.